The SMILES string of the molecule is [CH2]CCCCCCCCOC(C(F)(F)F)C(F)(F)F. The minimum absolute atomic E-state index is 0.201. The van der Waals surface area contributed by atoms with Crippen LogP contribution in [0.5, 0.6) is 0 Å². The lowest BCUT2D eigenvalue weighted by Crippen LogP contribution is -2.44. The number of hydrogen-bond acceptors (Lipinski definition) is 1. The molecule has 0 saturated heterocycles. The standard InChI is InChI=1S/C12H19F6O/c1-2-3-4-5-6-7-8-9-19-10(11(13,14)15)12(16,17)18/h10H,1-9H2. The fourth-order valence-corrected chi connectivity index (χ4v) is 1.56. The van der Waals surface area contributed by atoms with Crippen LogP contribution in [-0.2, 0) is 4.74 Å². The van der Waals surface area contributed by atoms with E-state index in [1.165, 1.54) is 0 Å². The Labute approximate surface area is 109 Å². The van der Waals surface area contributed by atoms with Gasteiger partial charge in [0.1, 0.15) is 0 Å². The predicted molar refractivity (Wildman–Crippen MR) is 59.5 cm³/mol. The molecule has 0 saturated carbocycles. The van der Waals surface area contributed by atoms with E-state index in [2.05, 4.69) is 11.7 Å². The van der Waals surface area contributed by atoms with Gasteiger partial charge >= 0.3 is 12.4 Å². The summed E-state index contributed by atoms with van der Waals surface area (Å²) in [7, 11) is 0. The lowest BCUT2D eigenvalue weighted by Gasteiger charge is -2.23. The van der Waals surface area contributed by atoms with Crippen molar-refractivity contribution in [3.8, 4) is 0 Å². The van der Waals surface area contributed by atoms with E-state index in [1.807, 2.05) is 0 Å². The number of halogens is 6. The molecule has 0 atom stereocenters. The number of hydrogen-bond donors (Lipinski definition) is 0. The highest BCUT2D eigenvalue weighted by Crippen LogP contribution is 2.35. The van der Waals surface area contributed by atoms with Crippen molar-refractivity contribution < 1.29 is 31.1 Å². The van der Waals surface area contributed by atoms with Crippen molar-refractivity contribution in [2.45, 2.75) is 63.4 Å². The van der Waals surface area contributed by atoms with Crippen LogP contribution in [-0.4, -0.2) is 25.1 Å². The smallest absolute Gasteiger partial charge is 0.361 e. The van der Waals surface area contributed by atoms with E-state index < -0.39 is 25.1 Å². The molecule has 1 nitrogen and oxygen atoms in total. The van der Waals surface area contributed by atoms with E-state index in [1.54, 1.807) is 0 Å². The third kappa shape index (κ3) is 9.13. The summed E-state index contributed by atoms with van der Waals surface area (Å²) in [4.78, 5) is 0. The van der Waals surface area contributed by atoms with Crippen LogP contribution in [0.2, 0.25) is 0 Å². The third-order valence-electron chi connectivity index (χ3n) is 2.52. The van der Waals surface area contributed by atoms with E-state index in [0.717, 1.165) is 32.1 Å². The van der Waals surface area contributed by atoms with Crippen LogP contribution < -0.4 is 0 Å². The van der Waals surface area contributed by atoms with Gasteiger partial charge in [0.2, 0.25) is 6.10 Å². The molecule has 0 unspecified atom stereocenters. The zero-order chi connectivity index (χ0) is 14.9. The molecule has 0 aliphatic rings. The first-order valence-electron chi connectivity index (χ1n) is 6.24. The zero-order valence-electron chi connectivity index (χ0n) is 10.6. The Hall–Kier alpha value is -0.460. The Balaban J connectivity index is 3.78. The first-order valence-corrected chi connectivity index (χ1v) is 6.24. The molecule has 0 aromatic heterocycles. The Morgan fingerprint density at radius 3 is 1.58 bits per heavy atom. The van der Waals surface area contributed by atoms with Crippen molar-refractivity contribution in [1.82, 2.24) is 0 Å². The van der Waals surface area contributed by atoms with Crippen molar-refractivity contribution in [2.24, 2.45) is 0 Å². The van der Waals surface area contributed by atoms with Gasteiger partial charge in [0.25, 0.3) is 0 Å². The number of alkyl halides is 6. The second-order valence-corrected chi connectivity index (χ2v) is 4.31. The van der Waals surface area contributed by atoms with Crippen LogP contribution >= 0.6 is 0 Å². The normalized spacial score (nSPS) is 13.3. The Kier molecular flexibility index (Phi) is 8.45. The second kappa shape index (κ2) is 8.66. The van der Waals surface area contributed by atoms with Crippen molar-refractivity contribution in [3.05, 3.63) is 6.92 Å². The Bertz CT molecular complexity index is 209. The van der Waals surface area contributed by atoms with Crippen molar-refractivity contribution in [1.29, 1.82) is 0 Å². The van der Waals surface area contributed by atoms with Crippen LogP contribution in [0.1, 0.15) is 44.9 Å². The largest absolute Gasteiger partial charge is 0.423 e. The van der Waals surface area contributed by atoms with E-state index in [4.69, 9.17) is 0 Å². The zero-order valence-corrected chi connectivity index (χ0v) is 10.6. The molecule has 19 heavy (non-hydrogen) atoms. The van der Waals surface area contributed by atoms with Crippen LogP contribution in [0.15, 0.2) is 0 Å². The molecular weight excluding hydrogens is 274 g/mol. The fraction of sp³-hybridized carbons (Fsp3) is 0.917. The summed E-state index contributed by atoms with van der Waals surface area (Å²) < 4.78 is 76.4. The predicted octanol–water partition coefficient (Wildman–Crippen LogP) is 5.06. The number of ether oxygens (including phenoxy) is 1. The Morgan fingerprint density at radius 1 is 0.737 bits per heavy atom. The molecule has 0 bridgehead atoms. The van der Waals surface area contributed by atoms with Gasteiger partial charge in [-0.25, -0.2) is 0 Å². The molecule has 0 aromatic rings. The Morgan fingerprint density at radius 2 is 1.16 bits per heavy atom. The number of rotatable bonds is 9. The molecule has 115 valence electrons. The maximum atomic E-state index is 12.1. The topological polar surface area (TPSA) is 9.23 Å². The van der Waals surface area contributed by atoms with Gasteiger partial charge < -0.3 is 4.74 Å². The summed E-state index contributed by atoms with van der Waals surface area (Å²) in [5, 5.41) is 0. The lowest BCUT2D eigenvalue weighted by atomic mass is 10.1. The summed E-state index contributed by atoms with van der Waals surface area (Å²) in [5.41, 5.74) is 0. The van der Waals surface area contributed by atoms with Gasteiger partial charge in [0.15, 0.2) is 0 Å². The van der Waals surface area contributed by atoms with Crippen molar-refractivity contribution >= 4 is 0 Å². The number of unbranched alkanes of at least 4 members (excludes halogenated alkanes) is 6. The average Bonchev–Trinajstić information content (AvgIpc) is 2.23. The van der Waals surface area contributed by atoms with Gasteiger partial charge in [0, 0.05) is 6.61 Å². The summed E-state index contributed by atoms with van der Waals surface area (Å²) >= 11 is 0. The highest BCUT2D eigenvalue weighted by atomic mass is 19.4. The second-order valence-electron chi connectivity index (χ2n) is 4.31. The van der Waals surface area contributed by atoms with Gasteiger partial charge in [-0.2, -0.15) is 26.3 Å². The first kappa shape index (κ1) is 18.5. The minimum atomic E-state index is -5.41. The first-order chi connectivity index (χ1) is 8.69. The van der Waals surface area contributed by atoms with E-state index in [0.29, 0.717) is 6.42 Å². The van der Waals surface area contributed by atoms with Crippen LogP contribution in [0.4, 0.5) is 26.3 Å². The van der Waals surface area contributed by atoms with E-state index in [-0.39, 0.29) is 6.42 Å². The van der Waals surface area contributed by atoms with Crippen LogP contribution in [0.25, 0.3) is 0 Å². The summed E-state index contributed by atoms with van der Waals surface area (Å²) in [6, 6.07) is 0. The summed E-state index contributed by atoms with van der Waals surface area (Å²) in [5.74, 6) is 0. The van der Waals surface area contributed by atoms with Gasteiger partial charge in [0.05, 0.1) is 0 Å². The summed E-state index contributed by atoms with van der Waals surface area (Å²) in [6.07, 6.45) is -9.22. The average molecular weight is 293 g/mol. The van der Waals surface area contributed by atoms with Gasteiger partial charge in [-0.3, -0.25) is 0 Å². The maximum Gasteiger partial charge on any atom is 0.423 e. The van der Waals surface area contributed by atoms with Gasteiger partial charge in [-0.1, -0.05) is 45.4 Å². The molecule has 0 fully saturated rings. The molecular formula is C12H19F6O. The maximum absolute atomic E-state index is 12.1. The molecule has 7 heteroatoms. The molecule has 0 spiro atoms. The molecule has 0 rings (SSSR count). The molecule has 0 aliphatic heterocycles. The highest BCUT2D eigenvalue weighted by molar-refractivity contribution is 4.75. The van der Waals surface area contributed by atoms with E-state index >= 15 is 0 Å². The van der Waals surface area contributed by atoms with Crippen molar-refractivity contribution in [2.75, 3.05) is 6.61 Å². The molecule has 1 radical (unpaired) electrons. The molecule has 0 aromatic carbocycles. The van der Waals surface area contributed by atoms with Crippen LogP contribution in [0.3, 0.4) is 0 Å². The quantitative estimate of drug-likeness (QED) is 0.426. The van der Waals surface area contributed by atoms with Gasteiger partial charge in [-0.05, 0) is 6.42 Å². The third-order valence-corrected chi connectivity index (χ3v) is 2.52. The van der Waals surface area contributed by atoms with Crippen molar-refractivity contribution in [3.63, 3.8) is 0 Å². The van der Waals surface area contributed by atoms with Gasteiger partial charge in [-0.15, -0.1) is 0 Å². The molecule has 0 aliphatic carbocycles. The minimum Gasteiger partial charge on any atom is -0.361 e. The molecule has 0 heterocycles. The lowest BCUT2D eigenvalue weighted by molar-refractivity contribution is -0.321. The molecule has 0 N–H and O–H groups in total. The monoisotopic (exact) mass is 293 g/mol. The summed E-state index contributed by atoms with van der Waals surface area (Å²) in [6.45, 7) is 3.14. The fourth-order valence-electron chi connectivity index (χ4n) is 1.56. The highest BCUT2D eigenvalue weighted by Gasteiger charge is 2.57. The van der Waals surface area contributed by atoms with E-state index in [9.17, 15) is 26.3 Å². The molecule has 0 amide bonds. The van der Waals surface area contributed by atoms with Crippen LogP contribution in [0, 0.1) is 6.92 Å².